The number of aromatic nitrogens is 2. The maximum absolute atomic E-state index is 11.5. The van der Waals surface area contributed by atoms with Gasteiger partial charge in [0.05, 0.1) is 6.61 Å². The van der Waals surface area contributed by atoms with E-state index < -0.39 is 29.7 Å². The third-order valence-corrected chi connectivity index (χ3v) is 2.66. The highest BCUT2D eigenvalue weighted by molar-refractivity contribution is 5.15. The molecule has 3 N–H and O–H groups in total. The van der Waals surface area contributed by atoms with E-state index in [0.717, 1.165) is 10.6 Å². The summed E-state index contributed by atoms with van der Waals surface area (Å²) in [6.07, 6.45) is -1.57. The predicted octanol–water partition coefficient (Wildman–Crippen LogP) is -1.66. The Morgan fingerprint density at radius 2 is 2.24 bits per heavy atom. The van der Waals surface area contributed by atoms with Gasteiger partial charge >= 0.3 is 5.69 Å². The Kier molecular flexibility index (Phi) is 2.97. The molecule has 17 heavy (non-hydrogen) atoms. The number of hydrogen-bond donors (Lipinski definition) is 3. The Morgan fingerprint density at radius 1 is 1.53 bits per heavy atom. The minimum Gasteiger partial charge on any atom is -0.393 e. The number of aromatic amines is 1. The Hall–Kier alpha value is -1.70. The molecule has 3 atom stereocenters. The Balaban J connectivity index is 2.39. The van der Waals surface area contributed by atoms with E-state index in [1.54, 1.807) is 0 Å². The van der Waals surface area contributed by atoms with E-state index in [9.17, 15) is 14.7 Å². The number of aliphatic hydroxyl groups is 2. The van der Waals surface area contributed by atoms with Gasteiger partial charge in [-0.25, -0.2) is 4.79 Å². The largest absolute Gasteiger partial charge is 0.393 e. The molecule has 1 saturated heterocycles. The number of hydrogen-bond acceptors (Lipinski definition) is 5. The van der Waals surface area contributed by atoms with E-state index in [2.05, 4.69) is 11.6 Å². The average molecular weight is 240 g/mol. The van der Waals surface area contributed by atoms with Crippen LogP contribution in [0.15, 0.2) is 34.0 Å². The third kappa shape index (κ3) is 1.95. The second-order valence-corrected chi connectivity index (χ2v) is 3.74. The molecule has 1 fully saturated rings. The van der Waals surface area contributed by atoms with Crippen molar-refractivity contribution in [2.75, 3.05) is 6.61 Å². The normalized spacial score (nSPS) is 28.6. The van der Waals surface area contributed by atoms with Gasteiger partial charge in [0, 0.05) is 12.3 Å². The lowest BCUT2D eigenvalue weighted by Gasteiger charge is -2.16. The van der Waals surface area contributed by atoms with Gasteiger partial charge in [0.25, 0.3) is 5.56 Å². The van der Waals surface area contributed by atoms with Gasteiger partial charge in [-0.15, -0.1) is 0 Å². The maximum Gasteiger partial charge on any atom is 0.330 e. The lowest BCUT2D eigenvalue weighted by atomic mass is 10.1. The Morgan fingerprint density at radius 3 is 2.76 bits per heavy atom. The van der Waals surface area contributed by atoms with Gasteiger partial charge in [-0.05, 0) is 5.57 Å². The maximum atomic E-state index is 11.5. The van der Waals surface area contributed by atoms with Crippen LogP contribution in [0.2, 0.25) is 0 Å². The zero-order chi connectivity index (χ0) is 12.6. The van der Waals surface area contributed by atoms with E-state index in [1.807, 2.05) is 0 Å². The number of aliphatic hydroxyl groups excluding tert-OH is 2. The Labute approximate surface area is 95.6 Å². The molecule has 7 nitrogen and oxygen atoms in total. The fourth-order valence-corrected chi connectivity index (χ4v) is 1.71. The van der Waals surface area contributed by atoms with Crippen molar-refractivity contribution in [3.05, 3.63) is 45.3 Å². The van der Waals surface area contributed by atoms with Crippen molar-refractivity contribution in [3.8, 4) is 0 Å². The van der Waals surface area contributed by atoms with Gasteiger partial charge in [-0.1, -0.05) is 6.58 Å². The molecule has 0 aliphatic carbocycles. The van der Waals surface area contributed by atoms with Gasteiger partial charge in [0.15, 0.2) is 6.23 Å². The summed E-state index contributed by atoms with van der Waals surface area (Å²) in [5.74, 6) is 0. The summed E-state index contributed by atoms with van der Waals surface area (Å²) in [4.78, 5) is 24.4. The summed E-state index contributed by atoms with van der Waals surface area (Å²) in [5.41, 5.74) is -0.917. The summed E-state index contributed by atoms with van der Waals surface area (Å²) in [7, 11) is 0. The molecule has 0 aromatic carbocycles. The molecular formula is C10H12N2O5. The Bertz CT molecular complexity index is 546. The van der Waals surface area contributed by atoms with Crippen LogP contribution in [0, 0.1) is 0 Å². The molecular weight excluding hydrogens is 228 g/mol. The lowest BCUT2D eigenvalue weighted by molar-refractivity contribution is -0.0527. The van der Waals surface area contributed by atoms with Crippen molar-refractivity contribution >= 4 is 0 Å². The first-order valence-electron chi connectivity index (χ1n) is 4.99. The molecule has 0 bridgehead atoms. The van der Waals surface area contributed by atoms with Crippen molar-refractivity contribution in [2.24, 2.45) is 0 Å². The van der Waals surface area contributed by atoms with Gasteiger partial charge in [0.1, 0.15) is 12.2 Å². The van der Waals surface area contributed by atoms with Crippen molar-refractivity contribution in [3.63, 3.8) is 0 Å². The minimum absolute atomic E-state index is 0.301. The van der Waals surface area contributed by atoms with Crippen molar-refractivity contribution < 1.29 is 14.9 Å². The van der Waals surface area contributed by atoms with E-state index in [4.69, 9.17) is 9.84 Å². The van der Waals surface area contributed by atoms with E-state index in [-0.39, 0.29) is 6.61 Å². The van der Waals surface area contributed by atoms with Crippen LogP contribution in [-0.2, 0) is 4.74 Å². The average Bonchev–Trinajstić information content (AvgIpc) is 2.57. The van der Waals surface area contributed by atoms with Crippen LogP contribution in [0.5, 0.6) is 0 Å². The second kappa shape index (κ2) is 4.28. The molecule has 0 radical (unpaired) electrons. The standard InChI is InChI=1S/C10H12N2O5/c1-5-6(4-13)17-9(8(5)15)12-3-2-7(14)11-10(12)16/h2-3,6,8-9,13,15H,1,4H2,(H,11,14,16)/t6-,8-,9-/m1/s1. The highest BCUT2D eigenvalue weighted by atomic mass is 16.5. The van der Waals surface area contributed by atoms with Crippen LogP contribution >= 0.6 is 0 Å². The molecule has 0 spiro atoms. The number of nitrogens with zero attached hydrogens (tertiary/aromatic N) is 1. The smallest absolute Gasteiger partial charge is 0.330 e. The molecule has 92 valence electrons. The third-order valence-electron chi connectivity index (χ3n) is 2.66. The molecule has 0 saturated carbocycles. The number of H-pyrrole nitrogens is 1. The van der Waals surface area contributed by atoms with Crippen LogP contribution in [0.3, 0.4) is 0 Å². The van der Waals surface area contributed by atoms with Crippen LogP contribution < -0.4 is 11.2 Å². The van der Waals surface area contributed by atoms with Crippen molar-refractivity contribution in [2.45, 2.75) is 18.4 Å². The molecule has 0 unspecified atom stereocenters. The molecule has 7 heteroatoms. The van der Waals surface area contributed by atoms with E-state index in [0.29, 0.717) is 5.57 Å². The number of rotatable bonds is 2. The predicted molar refractivity (Wildman–Crippen MR) is 57.5 cm³/mol. The lowest BCUT2D eigenvalue weighted by Crippen LogP contribution is -2.35. The van der Waals surface area contributed by atoms with Crippen LogP contribution in [0.1, 0.15) is 6.23 Å². The first-order valence-corrected chi connectivity index (χ1v) is 4.99. The van der Waals surface area contributed by atoms with Gasteiger partial charge in [-0.3, -0.25) is 14.3 Å². The second-order valence-electron chi connectivity index (χ2n) is 3.74. The van der Waals surface area contributed by atoms with Gasteiger partial charge in [-0.2, -0.15) is 0 Å². The van der Waals surface area contributed by atoms with Crippen LogP contribution in [-0.4, -0.2) is 38.6 Å². The fraction of sp³-hybridized carbons (Fsp3) is 0.400. The molecule has 1 aromatic heterocycles. The fourth-order valence-electron chi connectivity index (χ4n) is 1.71. The van der Waals surface area contributed by atoms with Crippen molar-refractivity contribution in [1.29, 1.82) is 0 Å². The summed E-state index contributed by atoms with van der Waals surface area (Å²) in [5, 5.41) is 18.8. The summed E-state index contributed by atoms with van der Waals surface area (Å²) in [6, 6.07) is 1.15. The molecule has 0 amide bonds. The highest BCUT2D eigenvalue weighted by Gasteiger charge is 2.38. The number of ether oxygens (including phenoxy) is 1. The summed E-state index contributed by atoms with van der Waals surface area (Å²) in [6.45, 7) is 3.26. The molecule has 2 rings (SSSR count). The first kappa shape index (κ1) is 11.8. The summed E-state index contributed by atoms with van der Waals surface area (Å²) >= 11 is 0. The van der Waals surface area contributed by atoms with Crippen LogP contribution in [0.4, 0.5) is 0 Å². The molecule has 2 heterocycles. The molecule has 1 aromatic rings. The highest BCUT2D eigenvalue weighted by Crippen LogP contribution is 2.30. The van der Waals surface area contributed by atoms with Gasteiger partial charge < -0.3 is 14.9 Å². The monoisotopic (exact) mass is 240 g/mol. The van der Waals surface area contributed by atoms with Crippen LogP contribution in [0.25, 0.3) is 0 Å². The van der Waals surface area contributed by atoms with E-state index in [1.165, 1.54) is 6.20 Å². The SMILES string of the molecule is C=C1[C@@H](O)[C@H](n2ccc(=O)[nH]c2=O)O[C@@H]1CO. The van der Waals surface area contributed by atoms with Gasteiger partial charge in [0.2, 0.25) is 0 Å². The molecule has 1 aliphatic rings. The topological polar surface area (TPSA) is 105 Å². The molecule has 1 aliphatic heterocycles. The zero-order valence-electron chi connectivity index (χ0n) is 8.87. The quantitative estimate of drug-likeness (QED) is 0.537. The zero-order valence-corrected chi connectivity index (χ0v) is 8.87. The minimum atomic E-state index is -1.10. The van der Waals surface area contributed by atoms with E-state index >= 15 is 0 Å². The number of nitrogens with one attached hydrogen (secondary N) is 1. The summed E-state index contributed by atoms with van der Waals surface area (Å²) < 4.78 is 6.33. The van der Waals surface area contributed by atoms with Crippen molar-refractivity contribution in [1.82, 2.24) is 9.55 Å². The first-order chi connectivity index (χ1) is 8.04.